The molecule has 3 rings (SSSR count). The van der Waals surface area contributed by atoms with Gasteiger partial charge in [0.1, 0.15) is 12.4 Å². The summed E-state index contributed by atoms with van der Waals surface area (Å²) in [5, 5.41) is 7.99. The first-order chi connectivity index (χ1) is 13.3. The predicted molar refractivity (Wildman–Crippen MR) is 109 cm³/mol. The third-order valence-electron chi connectivity index (χ3n) is 4.56. The minimum atomic E-state index is 0.528. The number of aryl methyl sites for hydroxylation is 3. The Morgan fingerprint density at radius 1 is 1.26 bits per heavy atom. The van der Waals surface area contributed by atoms with Gasteiger partial charge in [-0.05, 0) is 50.7 Å². The summed E-state index contributed by atoms with van der Waals surface area (Å²) in [6.07, 6.45) is 9.73. The number of hydrogen-bond donors (Lipinski definition) is 2. The third kappa shape index (κ3) is 6.66. The molecule has 0 spiro atoms. The number of thiazole rings is 1. The van der Waals surface area contributed by atoms with Crippen LogP contribution in [-0.2, 0) is 30.6 Å². The molecule has 0 aliphatic heterocycles. The number of hydrogen-bond acceptors (Lipinski definition) is 5. The fourth-order valence-electron chi connectivity index (χ4n) is 3.13. The van der Waals surface area contributed by atoms with E-state index in [2.05, 4.69) is 15.6 Å². The molecular formula is C20H30N4O2S. The van der Waals surface area contributed by atoms with Crippen molar-refractivity contribution in [3.63, 3.8) is 0 Å². The molecule has 0 saturated carbocycles. The lowest BCUT2D eigenvalue weighted by Gasteiger charge is -2.11. The van der Waals surface area contributed by atoms with Crippen LogP contribution >= 0.6 is 11.3 Å². The SMILES string of the molecule is CN=C(NCCCOCc1ccco1)NCCCc1nc2c(s1)CCCC2. The summed E-state index contributed by atoms with van der Waals surface area (Å²) in [6.45, 7) is 2.95. The second-order valence-corrected chi connectivity index (χ2v) is 7.87. The Hall–Kier alpha value is -1.86. The van der Waals surface area contributed by atoms with Crippen LogP contribution in [0.3, 0.4) is 0 Å². The summed E-state index contributed by atoms with van der Waals surface area (Å²) < 4.78 is 10.8. The van der Waals surface area contributed by atoms with Gasteiger partial charge in [0, 0.05) is 38.0 Å². The molecule has 1 aliphatic carbocycles. The molecule has 0 saturated heterocycles. The van der Waals surface area contributed by atoms with Crippen molar-refractivity contribution in [2.45, 2.75) is 51.6 Å². The molecule has 2 heterocycles. The van der Waals surface area contributed by atoms with Gasteiger partial charge in [0.25, 0.3) is 0 Å². The number of guanidine groups is 1. The highest BCUT2D eigenvalue weighted by molar-refractivity contribution is 7.11. The molecule has 1 aliphatic rings. The Bertz CT molecular complexity index is 673. The van der Waals surface area contributed by atoms with E-state index in [0.29, 0.717) is 13.2 Å². The molecule has 0 atom stereocenters. The van der Waals surface area contributed by atoms with Gasteiger partial charge in [-0.2, -0.15) is 0 Å². The molecule has 0 fully saturated rings. The Morgan fingerprint density at radius 2 is 2.11 bits per heavy atom. The fourth-order valence-corrected chi connectivity index (χ4v) is 4.33. The number of nitrogens with one attached hydrogen (secondary N) is 2. The number of nitrogens with zero attached hydrogens (tertiary/aromatic N) is 2. The Kier molecular flexibility index (Phi) is 8.17. The van der Waals surface area contributed by atoms with Crippen LogP contribution in [0.25, 0.3) is 0 Å². The van der Waals surface area contributed by atoms with E-state index in [0.717, 1.165) is 44.1 Å². The van der Waals surface area contributed by atoms with Crippen LogP contribution in [0.1, 0.15) is 47.0 Å². The minimum Gasteiger partial charge on any atom is -0.467 e. The average Bonchev–Trinajstić information content (AvgIpc) is 3.35. The van der Waals surface area contributed by atoms with Gasteiger partial charge in [-0.3, -0.25) is 4.99 Å². The summed E-state index contributed by atoms with van der Waals surface area (Å²) in [7, 11) is 1.80. The number of ether oxygens (including phenoxy) is 1. The van der Waals surface area contributed by atoms with Crippen molar-refractivity contribution in [3.8, 4) is 0 Å². The van der Waals surface area contributed by atoms with Crippen LogP contribution in [-0.4, -0.2) is 37.7 Å². The summed E-state index contributed by atoms with van der Waals surface area (Å²) in [5.74, 6) is 1.71. The predicted octanol–water partition coefficient (Wildman–Crippen LogP) is 3.32. The standard InChI is InChI=1S/C20H30N4O2S/c1-21-20(23-12-6-13-25-15-16-7-5-14-26-16)22-11-4-10-19-24-17-8-2-3-9-18(17)27-19/h5,7,14H,2-4,6,8-13,15H2,1H3,(H2,21,22,23). The second-order valence-electron chi connectivity index (χ2n) is 6.70. The van der Waals surface area contributed by atoms with Gasteiger partial charge in [0.05, 0.1) is 17.0 Å². The van der Waals surface area contributed by atoms with Crippen LogP contribution in [0, 0.1) is 0 Å². The van der Waals surface area contributed by atoms with Crippen LogP contribution in [0.4, 0.5) is 0 Å². The van der Waals surface area contributed by atoms with E-state index < -0.39 is 0 Å². The van der Waals surface area contributed by atoms with Gasteiger partial charge in [-0.15, -0.1) is 11.3 Å². The molecule has 148 valence electrons. The maximum Gasteiger partial charge on any atom is 0.190 e. The highest BCUT2D eigenvalue weighted by Gasteiger charge is 2.14. The normalized spacial score (nSPS) is 14.2. The molecule has 7 heteroatoms. The molecule has 0 aromatic carbocycles. The van der Waals surface area contributed by atoms with E-state index >= 15 is 0 Å². The first-order valence-corrected chi connectivity index (χ1v) is 10.7. The third-order valence-corrected chi connectivity index (χ3v) is 5.77. The zero-order valence-electron chi connectivity index (χ0n) is 16.1. The van der Waals surface area contributed by atoms with Crippen molar-refractivity contribution in [2.24, 2.45) is 4.99 Å². The first-order valence-electron chi connectivity index (χ1n) is 9.87. The van der Waals surface area contributed by atoms with Gasteiger partial charge >= 0.3 is 0 Å². The zero-order chi connectivity index (χ0) is 18.7. The van der Waals surface area contributed by atoms with E-state index in [9.17, 15) is 0 Å². The van der Waals surface area contributed by atoms with Crippen LogP contribution in [0.5, 0.6) is 0 Å². The van der Waals surface area contributed by atoms with E-state index in [4.69, 9.17) is 14.1 Å². The van der Waals surface area contributed by atoms with Crippen LogP contribution in [0.2, 0.25) is 0 Å². The number of aliphatic imine (C=N–C) groups is 1. The maximum absolute atomic E-state index is 5.58. The van der Waals surface area contributed by atoms with E-state index in [-0.39, 0.29) is 0 Å². The lowest BCUT2D eigenvalue weighted by Crippen LogP contribution is -2.38. The van der Waals surface area contributed by atoms with Gasteiger partial charge in [-0.1, -0.05) is 0 Å². The minimum absolute atomic E-state index is 0.528. The lowest BCUT2D eigenvalue weighted by atomic mass is 10.0. The molecule has 27 heavy (non-hydrogen) atoms. The van der Waals surface area contributed by atoms with E-state index in [1.807, 2.05) is 23.5 Å². The zero-order valence-corrected chi connectivity index (χ0v) is 16.9. The van der Waals surface area contributed by atoms with Gasteiger partial charge < -0.3 is 19.8 Å². The maximum atomic E-state index is 5.58. The lowest BCUT2D eigenvalue weighted by molar-refractivity contribution is 0.105. The van der Waals surface area contributed by atoms with Crippen molar-refractivity contribution in [1.29, 1.82) is 0 Å². The Balaban J connectivity index is 1.23. The van der Waals surface area contributed by atoms with Crippen molar-refractivity contribution in [3.05, 3.63) is 39.7 Å². The number of aromatic nitrogens is 1. The average molecular weight is 391 g/mol. The summed E-state index contributed by atoms with van der Waals surface area (Å²) in [4.78, 5) is 10.6. The molecular weight excluding hydrogens is 360 g/mol. The number of rotatable bonds is 10. The van der Waals surface area contributed by atoms with E-state index in [1.54, 1.807) is 13.3 Å². The van der Waals surface area contributed by atoms with Crippen molar-refractivity contribution in [1.82, 2.24) is 15.6 Å². The van der Waals surface area contributed by atoms with Crippen molar-refractivity contribution >= 4 is 17.3 Å². The fraction of sp³-hybridized carbons (Fsp3) is 0.600. The monoisotopic (exact) mass is 390 g/mol. The van der Waals surface area contributed by atoms with Gasteiger partial charge in [0.15, 0.2) is 5.96 Å². The second kappa shape index (κ2) is 11.1. The molecule has 6 nitrogen and oxygen atoms in total. The van der Waals surface area contributed by atoms with Gasteiger partial charge in [0.2, 0.25) is 0 Å². The molecule has 0 bridgehead atoms. The smallest absolute Gasteiger partial charge is 0.190 e. The molecule has 2 aromatic heterocycles. The van der Waals surface area contributed by atoms with E-state index in [1.165, 1.54) is 41.3 Å². The quantitative estimate of drug-likeness (QED) is 0.370. The van der Waals surface area contributed by atoms with Crippen molar-refractivity contribution in [2.75, 3.05) is 26.7 Å². The summed E-state index contributed by atoms with van der Waals surface area (Å²) in [6, 6.07) is 3.80. The number of furan rings is 1. The number of fused-ring (bicyclic) bond motifs is 1. The molecule has 0 amide bonds. The van der Waals surface area contributed by atoms with Crippen molar-refractivity contribution < 1.29 is 9.15 Å². The van der Waals surface area contributed by atoms with Gasteiger partial charge in [-0.25, -0.2) is 4.98 Å². The Morgan fingerprint density at radius 3 is 2.89 bits per heavy atom. The highest BCUT2D eigenvalue weighted by atomic mass is 32.1. The molecule has 0 unspecified atom stereocenters. The summed E-state index contributed by atoms with van der Waals surface area (Å²) >= 11 is 1.91. The highest BCUT2D eigenvalue weighted by Crippen LogP contribution is 2.27. The molecule has 0 radical (unpaired) electrons. The summed E-state index contributed by atoms with van der Waals surface area (Å²) in [5.41, 5.74) is 1.36. The topological polar surface area (TPSA) is 71.7 Å². The van der Waals surface area contributed by atoms with Crippen LogP contribution < -0.4 is 10.6 Å². The molecule has 2 N–H and O–H groups in total. The largest absolute Gasteiger partial charge is 0.467 e. The Labute approximate surface area is 165 Å². The molecule has 2 aromatic rings. The first kappa shape index (κ1) is 19.9. The van der Waals surface area contributed by atoms with Crippen LogP contribution in [0.15, 0.2) is 27.8 Å².